The smallest absolute Gasteiger partial charge is 0.128 e. The summed E-state index contributed by atoms with van der Waals surface area (Å²) in [7, 11) is 0. The minimum Gasteiger partial charge on any atom is -0.492 e. The third-order valence-corrected chi connectivity index (χ3v) is 7.25. The van der Waals surface area contributed by atoms with E-state index in [1.165, 1.54) is 24.2 Å². The molecule has 3 heterocycles. The van der Waals surface area contributed by atoms with Gasteiger partial charge in [0.1, 0.15) is 37.8 Å². The van der Waals surface area contributed by atoms with Gasteiger partial charge in [-0.1, -0.05) is 48.6 Å². The van der Waals surface area contributed by atoms with Crippen molar-refractivity contribution in [3.63, 3.8) is 0 Å². The summed E-state index contributed by atoms with van der Waals surface area (Å²) in [6.07, 6.45) is 13.7. The molecule has 3 aliphatic rings. The molecule has 0 unspecified atom stereocenters. The molecule has 6 heteroatoms. The number of para-hydroxylation sites is 2. The Balaban J connectivity index is 1.06. The molecule has 2 aromatic rings. The number of benzene rings is 2. The molecule has 200 valence electrons. The SMILES string of the molecule is C(C=[N+]1[CH-]C[N+](=CC=C2CCCN2CCOc2ccccc2)[CH-]C1)=C1CCCN1CCOc1ccccc1. The topological polar surface area (TPSA) is 31.0 Å². The van der Waals surface area contributed by atoms with Crippen molar-refractivity contribution in [2.45, 2.75) is 25.7 Å². The van der Waals surface area contributed by atoms with Crippen LogP contribution in [0.2, 0.25) is 0 Å². The van der Waals surface area contributed by atoms with Crippen molar-refractivity contribution in [2.75, 3.05) is 52.5 Å². The van der Waals surface area contributed by atoms with Gasteiger partial charge < -0.3 is 28.4 Å². The lowest BCUT2D eigenvalue weighted by Crippen LogP contribution is -2.30. The second-order valence-electron chi connectivity index (χ2n) is 9.88. The number of rotatable bonds is 10. The monoisotopic (exact) mass is 512 g/mol. The number of allylic oxidation sites excluding steroid dienone is 4. The van der Waals surface area contributed by atoms with Crippen LogP contribution < -0.4 is 9.47 Å². The highest BCUT2D eigenvalue weighted by Gasteiger charge is 2.17. The summed E-state index contributed by atoms with van der Waals surface area (Å²) in [5.74, 6) is 1.88. The lowest BCUT2D eigenvalue weighted by molar-refractivity contribution is -0.604. The van der Waals surface area contributed by atoms with Gasteiger partial charge in [0.25, 0.3) is 0 Å². The highest BCUT2D eigenvalue weighted by Crippen LogP contribution is 2.21. The second-order valence-corrected chi connectivity index (χ2v) is 9.88. The van der Waals surface area contributed by atoms with Gasteiger partial charge in [0, 0.05) is 36.9 Å². The zero-order valence-electron chi connectivity index (χ0n) is 22.3. The molecule has 5 rings (SSSR count). The van der Waals surface area contributed by atoms with Crippen molar-refractivity contribution >= 4 is 12.4 Å². The molecule has 2 aromatic carbocycles. The molecule has 0 bridgehead atoms. The van der Waals surface area contributed by atoms with Gasteiger partial charge in [-0.25, -0.2) is 0 Å². The fourth-order valence-electron chi connectivity index (χ4n) is 5.13. The van der Waals surface area contributed by atoms with Crippen molar-refractivity contribution in [3.05, 3.63) is 97.3 Å². The molecular weight excluding hydrogens is 472 g/mol. The average Bonchev–Trinajstić information content (AvgIpc) is 3.62. The molecule has 0 amide bonds. The van der Waals surface area contributed by atoms with Crippen LogP contribution in [0.25, 0.3) is 0 Å². The van der Waals surface area contributed by atoms with E-state index >= 15 is 0 Å². The van der Waals surface area contributed by atoms with Gasteiger partial charge in [-0.15, -0.1) is 0 Å². The minimum atomic E-state index is 0.711. The number of piperazine rings is 1. The molecule has 3 saturated heterocycles. The van der Waals surface area contributed by atoms with Gasteiger partial charge in [-0.3, -0.25) is 0 Å². The summed E-state index contributed by atoms with van der Waals surface area (Å²) >= 11 is 0. The minimum absolute atomic E-state index is 0.711. The van der Waals surface area contributed by atoms with E-state index < -0.39 is 0 Å². The van der Waals surface area contributed by atoms with Crippen LogP contribution >= 0.6 is 0 Å². The van der Waals surface area contributed by atoms with Gasteiger partial charge in [0.15, 0.2) is 0 Å². The summed E-state index contributed by atoms with van der Waals surface area (Å²) in [5.41, 5.74) is 2.82. The van der Waals surface area contributed by atoms with Gasteiger partial charge in [-0.05, 0) is 49.9 Å². The largest absolute Gasteiger partial charge is 0.492 e. The molecule has 3 aliphatic heterocycles. The van der Waals surface area contributed by atoms with E-state index in [2.05, 4.69) is 56.6 Å². The Kier molecular flexibility index (Phi) is 9.29. The Morgan fingerprint density at radius 3 is 1.53 bits per heavy atom. The Morgan fingerprint density at radius 1 is 0.658 bits per heavy atom. The molecule has 0 atom stereocenters. The van der Waals surface area contributed by atoms with Gasteiger partial charge >= 0.3 is 0 Å². The van der Waals surface area contributed by atoms with Crippen LogP contribution in [0.1, 0.15) is 25.7 Å². The van der Waals surface area contributed by atoms with Crippen molar-refractivity contribution in [3.8, 4) is 11.5 Å². The Morgan fingerprint density at radius 2 is 1.11 bits per heavy atom. The molecule has 38 heavy (non-hydrogen) atoms. The van der Waals surface area contributed by atoms with Gasteiger partial charge in [-0.2, -0.15) is 0 Å². The first kappa shape index (κ1) is 25.8. The second kappa shape index (κ2) is 13.7. The van der Waals surface area contributed by atoms with Crippen molar-refractivity contribution < 1.29 is 18.6 Å². The van der Waals surface area contributed by atoms with Crippen LogP contribution in [0.15, 0.2) is 84.2 Å². The van der Waals surface area contributed by atoms with Gasteiger partial charge in [0.2, 0.25) is 0 Å². The van der Waals surface area contributed by atoms with Crippen LogP contribution in [-0.4, -0.2) is 83.9 Å². The number of hydrogen-bond donors (Lipinski definition) is 0. The molecule has 0 aliphatic carbocycles. The zero-order chi connectivity index (χ0) is 25.8. The van der Waals surface area contributed by atoms with Crippen LogP contribution in [0.4, 0.5) is 0 Å². The van der Waals surface area contributed by atoms with E-state index in [9.17, 15) is 0 Å². The Hall–Kier alpha value is -3.80. The average molecular weight is 513 g/mol. The van der Waals surface area contributed by atoms with Gasteiger partial charge in [0.05, 0.1) is 26.2 Å². The van der Waals surface area contributed by atoms with Crippen molar-refractivity contribution in [1.82, 2.24) is 9.80 Å². The predicted octanol–water partition coefficient (Wildman–Crippen LogP) is 4.61. The summed E-state index contributed by atoms with van der Waals surface area (Å²) in [5, 5.41) is 0. The fourth-order valence-corrected chi connectivity index (χ4v) is 5.13. The molecule has 0 aromatic heterocycles. The summed E-state index contributed by atoms with van der Waals surface area (Å²) in [6.45, 7) is 11.8. The number of nitrogens with zero attached hydrogens (tertiary/aromatic N) is 4. The standard InChI is InChI=1S/C32H40N4O2/c1-3-11-31(12-4-1)37-27-25-35-17-7-9-29(35)15-19-33-21-23-34(24-22-33)20-16-30-10-8-18-36(30)26-28-38-32-13-5-2-6-14-32/h1-6,11-16,19-21,24H,7-10,17-18,22-23,25-28H2. The van der Waals surface area contributed by atoms with E-state index in [0.29, 0.717) is 13.2 Å². The van der Waals surface area contributed by atoms with Crippen molar-refractivity contribution in [2.24, 2.45) is 0 Å². The number of hydrogen-bond acceptors (Lipinski definition) is 4. The quantitative estimate of drug-likeness (QED) is 0.344. The van der Waals surface area contributed by atoms with Crippen LogP contribution in [-0.2, 0) is 0 Å². The van der Waals surface area contributed by atoms with Crippen LogP contribution in [0.5, 0.6) is 11.5 Å². The Bertz CT molecular complexity index is 1040. The number of ether oxygens (including phenoxy) is 2. The molecule has 0 radical (unpaired) electrons. The normalized spacial score (nSPS) is 21.8. The third kappa shape index (κ3) is 7.60. The van der Waals surface area contributed by atoms with Crippen molar-refractivity contribution in [1.29, 1.82) is 0 Å². The van der Waals surface area contributed by atoms with E-state index in [-0.39, 0.29) is 0 Å². The highest BCUT2D eigenvalue weighted by molar-refractivity contribution is 5.68. The first-order chi connectivity index (χ1) is 18.8. The summed E-state index contributed by atoms with van der Waals surface area (Å²) in [6, 6.07) is 20.1. The van der Waals surface area contributed by atoms with E-state index in [1.807, 2.05) is 60.7 Å². The molecular formula is C32H40N4O2. The lowest BCUT2D eigenvalue weighted by atomic mass is 10.3. The lowest BCUT2D eigenvalue weighted by Gasteiger charge is -2.23. The maximum absolute atomic E-state index is 5.90. The fraction of sp³-hybridized carbons (Fsp3) is 0.375. The predicted molar refractivity (Wildman–Crippen MR) is 153 cm³/mol. The maximum atomic E-state index is 5.90. The first-order valence-electron chi connectivity index (χ1n) is 14.0. The molecule has 3 fully saturated rings. The zero-order valence-corrected chi connectivity index (χ0v) is 22.3. The molecule has 0 saturated carbocycles. The first-order valence-corrected chi connectivity index (χ1v) is 14.0. The van der Waals surface area contributed by atoms with E-state index in [1.54, 1.807) is 0 Å². The summed E-state index contributed by atoms with van der Waals surface area (Å²) < 4.78 is 16.4. The molecule has 0 spiro atoms. The van der Waals surface area contributed by atoms with Crippen LogP contribution in [0.3, 0.4) is 0 Å². The third-order valence-electron chi connectivity index (χ3n) is 7.25. The highest BCUT2D eigenvalue weighted by atomic mass is 16.5. The number of likely N-dealkylation sites (tertiary alicyclic amines) is 2. The van der Waals surface area contributed by atoms with E-state index in [4.69, 9.17) is 9.47 Å². The molecule has 0 N–H and O–H groups in total. The Labute approximate surface area is 227 Å². The van der Waals surface area contributed by atoms with E-state index in [0.717, 1.165) is 63.6 Å². The maximum Gasteiger partial charge on any atom is 0.128 e. The summed E-state index contributed by atoms with van der Waals surface area (Å²) in [4.78, 5) is 4.91. The molecule has 6 nitrogen and oxygen atoms in total. The van der Waals surface area contributed by atoms with Crippen LogP contribution in [0, 0.1) is 13.1 Å².